The van der Waals surface area contributed by atoms with E-state index >= 15 is 0 Å². The highest BCUT2D eigenvalue weighted by Gasteiger charge is 2.06. The maximum atomic E-state index is 13.4. The molecule has 0 spiro atoms. The molecule has 4 aromatic rings. The Kier molecular flexibility index (Phi) is 6.62. The van der Waals surface area contributed by atoms with Gasteiger partial charge in [0.25, 0.3) is 0 Å². The number of rotatable bonds is 8. The molecule has 0 aliphatic carbocycles. The van der Waals surface area contributed by atoms with Crippen LogP contribution in [0.15, 0.2) is 72.1 Å². The van der Waals surface area contributed by atoms with Crippen molar-refractivity contribution in [2.75, 3.05) is 13.1 Å². The summed E-state index contributed by atoms with van der Waals surface area (Å²) in [5.41, 5.74) is 4.26. The summed E-state index contributed by atoms with van der Waals surface area (Å²) in [6.45, 7) is 4.85. The minimum absolute atomic E-state index is 0.229. The molecule has 0 saturated heterocycles. The van der Waals surface area contributed by atoms with Crippen LogP contribution in [0.4, 0.5) is 4.39 Å². The first-order valence-corrected chi connectivity index (χ1v) is 10.5. The third kappa shape index (κ3) is 5.51. The number of aromatic nitrogens is 3. The predicted molar refractivity (Wildman–Crippen MR) is 123 cm³/mol. The Morgan fingerprint density at radius 1 is 1.13 bits per heavy atom. The highest BCUT2D eigenvalue weighted by Crippen LogP contribution is 2.19. The van der Waals surface area contributed by atoms with Crippen molar-refractivity contribution in [3.63, 3.8) is 0 Å². The fraction of sp³-hybridized carbons (Fsp3) is 0.250. The average Bonchev–Trinajstić information content (AvgIpc) is 3.39. The van der Waals surface area contributed by atoms with Crippen LogP contribution in [0.3, 0.4) is 0 Å². The topological polar surface area (TPSA) is 70.0 Å². The first-order chi connectivity index (χ1) is 15.2. The van der Waals surface area contributed by atoms with Gasteiger partial charge in [0.05, 0.1) is 19.3 Å². The normalized spacial score (nSPS) is 11.7. The zero-order chi connectivity index (χ0) is 21.5. The van der Waals surface area contributed by atoms with Crippen molar-refractivity contribution < 1.29 is 4.39 Å². The molecule has 3 N–H and O–H groups in total. The first-order valence-electron chi connectivity index (χ1n) is 10.5. The standard InChI is InChI=1S/C24H27FN6/c1-2-26-24(27-11-10-20-15-28-23-12-21(25)8-9-22(20)23)29-13-19-14-30-31(17-19)16-18-6-4-3-5-7-18/h3-9,12,14-15,17,28H,2,10-11,13,16H2,1H3,(H2,26,27,29). The summed E-state index contributed by atoms with van der Waals surface area (Å²) in [5.74, 6) is 0.539. The number of guanidine groups is 1. The summed E-state index contributed by atoms with van der Waals surface area (Å²) in [4.78, 5) is 7.82. The van der Waals surface area contributed by atoms with E-state index in [1.165, 1.54) is 17.7 Å². The van der Waals surface area contributed by atoms with Gasteiger partial charge in [0.1, 0.15) is 5.82 Å². The van der Waals surface area contributed by atoms with Crippen LogP contribution in [0.2, 0.25) is 0 Å². The fourth-order valence-electron chi connectivity index (χ4n) is 3.54. The van der Waals surface area contributed by atoms with E-state index in [-0.39, 0.29) is 5.82 Å². The van der Waals surface area contributed by atoms with E-state index in [1.54, 1.807) is 0 Å². The zero-order valence-electron chi connectivity index (χ0n) is 17.6. The van der Waals surface area contributed by atoms with Crippen LogP contribution in [-0.4, -0.2) is 33.8 Å². The summed E-state index contributed by atoms with van der Waals surface area (Å²) < 4.78 is 15.3. The third-order valence-electron chi connectivity index (χ3n) is 5.05. The van der Waals surface area contributed by atoms with E-state index in [1.807, 2.05) is 54.5 Å². The van der Waals surface area contributed by atoms with Crippen molar-refractivity contribution in [2.45, 2.75) is 26.4 Å². The van der Waals surface area contributed by atoms with E-state index in [9.17, 15) is 4.39 Å². The highest BCUT2D eigenvalue weighted by atomic mass is 19.1. The Labute approximate surface area is 181 Å². The molecule has 7 heteroatoms. The minimum Gasteiger partial charge on any atom is -0.361 e. The highest BCUT2D eigenvalue weighted by molar-refractivity contribution is 5.83. The lowest BCUT2D eigenvalue weighted by molar-refractivity contribution is 0.629. The van der Waals surface area contributed by atoms with Gasteiger partial charge in [-0.05, 0) is 42.7 Å². The number of halogens is 1. The lowest BCUT2D eigenvalue weighted by Gasteiger charge is -2.10. The van der Waals surface area contributed by atoms with Crippen molar-refractivity contribution in [3.05, 3.63) is 89.6 Å². The second-order valence-electron chi connectivity index (χ2n) is 7.41. The molecule has 0 bridgehead atoms. The average molecular weight is 419 g/mol. The van der Waals surface area contributed by atoms with Gasteiger partial charge in [0.2, 0.25) is 0 Å². The second-order valence-corrected chi connectivity index (χ2v) is 7.41. The molecule has 0 radical (unpaired) electrons. The molecule has 0 aliphatic heterocycles. The molecule has 0 amide bonds. The van der Waals surface area contributed by atoms with Crippen molar-refractivity contribution in [1.82, 2.24) is 25.4 Å². The molecular weight excluding hydrogens is 391 g/mol. The van der Waals surface area contributed by atoms with Gasteiger partial charge in [0.15, 0.2) is 5.96 Å². The van der Waals surface area contributed by atoms with Gasteiger partial charge in [-0.15, -0.1) is 0 Å². The van der Waals surface area contributed by atoms with Crippen LogP contribution in [0.1, 0.15) is 23.6 Å². The van der Waals surface area contributed by atoms with Gasteiger partial charge in [0, 0.05) is 41.9 Å². The third-order valence-corrected chi connectivity index (χ3v) is 5.05. The molecule has 4 rings (SSSR count). The van der Waals surface area contributed by atoms with Crippen molar-refractivity contribution in [1.29, 1.82) is 0 Å². The number of hydrogen-bond donors (Lipinski definition) is 3. The van der Waals surface area contributed by atoms with E-state index in [0.717, 1.165) is 54.0 Å². The number of nitrogens with zero attached hydrogens (tertiary/aromatic N) is 3. The molecule has 2 aromatic heterocycles. The van der Waals surface area contributed by atoms with Gasteiger partial charge < -0.3 is 15.6 Å². The summed E-state index contributed by atoms with van der Waals surface area (Å²) in [5, 5.41) is 12.1. The Morgan fingerprint density at radius 2 is 2.00 bits per heavy atom. The number of aliphatic imine (C=N–C) groups is 1. The van der Waals surface area contributed by atoms with Crippen LogP contribution in [0.25, 0.3) is 10.9 Å². The molecule has 31 heavy (non-hydrogen) atoms. The predicted octanol–water partition coefficient (Wildman–Crippen LogP) is 3.85. The molecule has 0 unspecified atom stereocenters. The fourth-order valence-corrected chi connectivity index (χ4v) is 3.54. The van der Waals surface area contributed by atoms with E-state index in [0.29, 0.717) is 6.54 Å². The van der Waals surface area contributed by atoms with Crippen LogP contribution in [0, 0.1) is 5.82 Å². The molecule has 0 aliphatic rings. The summed E-state index contributed by atoms with van der Waals surface area (Å²) >= 11 is 0. The Balaban J connectivity index is 1.33. The number of nitrogens with one attached hydrogen (secondary N) is 3. The first kappa shape index (κ1) is 20.7. The molecule has 2 heterocycles. The van der Waals surface area contributed by atoms with E-state index in [4.69, 9.17) is 0 Å². The summed E-state index contributed by atoms with van der Waals surface area (Å²) in [7, 11) is 0. The quantitative estimate of drug-likeness (QED) is 0.301. The number of H-pyrrole nitrogens is 1. The minimum atomic E-state index is -0.229. The van der Waals surface area contributed by atoms with Gasteiger partial charge in [-0.1, -0.05) is 30.3 Å². The summed E-state index contributed by atoms with van der Waals surface area (Å²) in [6.07, 6.45) is 6.65. The molecule has 0 fully saturated rings. The Morgan fingerprint density at radius 3 is 2.84 bits per heavy atom. The second kappa shape index (κ2) is 9.93. The van der Waals surface area contributed by atoms with Crippen LogP contribution in [0.5, 0.6) is 0 Å². The Hall–Kier alpha value is -3.61. The Bertz CT molecular complexity index is 1150. The van der Waals surface area contributed by atoms with E-state index in [2.05, 4.69) is 37.8 Å². The lowest BCUT2D eigenvalue weighted by Crippen LogP contribution is -2.38. The van der Waals surface area contributed by atoms with Gasteiger partial charge in [-0.25, -0.2) is 9.38 Å². The van der Waals surface area contributed by atoms with Gasteiger partial charge in [-0.3, -0.25) is 4.68 Å². The maximum absolute atomic E-state index is 13.4. The van der Waals surface area contributed by atoms with Crippen molar-refractivity contribution in [2.24, 2.45) is 4.99 Å². The van der Waals surface area contributed by atoms with Crippen LogP contribution < -0.4 is 10.6 Å². The van der Waals surface area contributed by atoms with E-state index < -0.39 is 0 Å². The zero-order valence-corrected chi connectivity index (χ0v) is 17.6. The maximum Gasteiger partial charge on any atom is 0.191 e. The molecule has 2 aromatic carbocycles. The number of benzene rings is 2. The van der Waals surface area contributed by atoms with Crippen LogP contribution in [-0.2, 0) is 19.5 Å². The lowest BCUT2D eigenvalue weighted by atomic mass is 10.1. The summed E-state index contributed by atoms with van der Waals surface area (Å²) in [6, 6.07) is 15.1. The van der Waals surface area contributed by atoms with Crippen LogP contribution >= 0.6 is 0 Å². The van der Waals surface area contributed by atoms with Gasteiger partial charge in [-0.2, -0.15) is 5.10 Å². The molecule has 0 saturated carbocycles. The van der Waals surface area contributed by atoms with Crippen molar-refractivity contribution >= 4 is 16.9 Å². The number of aromatic amines is 1. The molecule has 160 valence electrons. The SMILES string of the molecule is CCNC(=NCc1cnn(Cc2ccccc2)c1)NCCc1c[nH]c2cc(F)ccc12. The number of fused-ring (bicyclic) bond motifs is 1. The largest absolute Gasteiger partial charge is 0.361 e. The van der Waals surface area contributed by atoms with Crippen molar-refractivity contribution in [3.8, 4) is 0 Å². The molecule has 0 atom stereocenters. The monoisotopic (exact) mass is 418 g/mol. The molecular formula is C24H27FN6. The number of hydrogen-bond acceptors (Lipinski definition) is 2. The van der Waals surface area contributed by atoms with Gasteiger partial charge >= 0.3 is 0 Å². The molecule has 6 nitrogen and oxygen atoms in total. The smallest absolute Gasteiger partial charge is 0.191 e.